The van der Waals surface area contributed by atoms with Crippen molar-refractivity contribution in [2.24, 2.45) is 5.16 Å². The van der Waals surface area contributed by atoms with Gasteiger partial charge in [0.1, 0.15) is 11.5 Å². The molecule has 0 aliphatic rings. The first-order valence-electron chi connectivity index (χ1n) is 9.81. The topological polar surface area (TPSA) is 67.5 Å². The standard InChI is InChI=1S/C25H20FN3O2/c26-22-13-11-18(12-14-22)15-21-16-23(19-7-3-1-4-8-19)27-29(25(21)30)17-24(28-31)20-9-5-2-6-10-20/h1-14,16,31H,15,17H2/b28-24-. The molecule has 0 unspecified atom stereocenters. The van der Waals surface area contributed by atoms with Crippen molar-refractivity contribution in [3.05, 3.63) is 124 Å². The third-order valence-corrected chi connectivity index (χ3v) is 4.95. The average molecular weight is 413 g/mol. The van der Waals surface area contributed by atoms with Crippen molar-refractivity contribution in [3.63, 3.8) is 0 Å². The zero-order valence-corrected chi connectivity index (χ0v) is 16.6. The van der Waals surface area contributed by atoms with Crippen molar-refractivity contribution in [2.75, 3.05) is 0 Å². The first kappa shape index (κ1) is 20.2. The van der Waals surface area contributed by atoms with Gasteiger partial charge in [0.2, 0.25) is 0 Å². The van der Waals surface area contributed by atoms with Gasteiger partial charge in [0.25, 0.3) is 5.56 Å². The average Bonchev–Trinajstić information content (AvgIpc) is 2.82. The van der Waals surface area contributed by atoms with Crippen molar-refractivity contribution in [2.45, 2.75) is 13.0 Å². The predicted molar refractivity (Wildman–Crippen MR) is 118 cm³/mol. The minimum Gasteiger partial charge on any atom is -0.411 e. The molecule has 1 N–H and O–H groups in total. The number of rotatable bonds is 6. The summed E-state index contributed by atoms with van der Waals surface area (Å²) in [5.74, 6) is -0.326. The molecule has 0 saturated heterocycles. The summed E-state index contributed by atoms with van der Waals surface area (Å²) in [7, 11) is 0. The highest BCUT2D eigenvalue weighted by Crippen LogP contribution is 2.18. The van der Waals surface area contributed by atoms with Crippen molar-refractivity contribution >= 4 is 5.71 Å². The molecular weight excluding hydrogens is 393 g/mol. The minimum absolute atomic E-state index is 0.0104. The highest BCUT2D eigenvalue weighted by molar-refractivity contribution is 5.99. The normalized spacial score (nSPS) is 11.5. The Kier molecular flexibility index (Phi) is 5.98. The van der Waals surface area contributed by atoms with E-state index in [4.69, 9.17) is 0 Å². The number of aromatic nitrogens is 2. The van der Waals surface area contributed by atoms with Gasteiger partial charge in [-0.1, -0.05) is 78.0 Å². The Balaban J connectivity index is 1.78. The second-order valence-electron chi connectivity index (χ2n) is 7.10. The summed E-state index contributed by atoms with van der Waals surface area (Å²) < 4.78 is 14.6. The van der Waals surface area contributed by atoms with Crippen LogP contribution in [0.4, 0.5) is 4.39 Å². The van der Waals surface area contributed by atoms with Gasteiger partial charge in [-0.15, -0.1) is 0 Å². The molecule has 6 heteroatoms. The Morgan fingerprint density at radius 1 is 0.935 bits per heavy atom. The predicted octanol–water partition coefficient (Wildman–Crippen LogP) is 4.52. The molecule has 0 fully saturated rings. The summed E-state index contributed by atoms with van der Waals surface area (Å²) >= 11 is 0. The summed E-state index contributed by atoms with van der Waals surface area (Å²) in [6.07, 6.45) is 0.332. The molecule has 3 aromatic carbocycles. The van der Waals surface area contributed by atoms with Crippen LogP contribution in [0.15, 0.2) is 101 Å². The van der Waals surface area contributed by atoms with Crippen LogP contribution < -0.4 is 5.56 Å². The fraction of sp³-hybridized carbons (Fsp3) is 0.0800. The molecule has 154 valence electrons. The number of halogens is 1. The molecule has 5 nitrogen and oxygen atoms in total. The SMILES string of the molecule is O=c1c(Cc2ccc(F)cc2)cc(-c2ccccc2)nn1C/C(=N/O)c1ccccc1. The summed E-state index contributed by atoms with van der Waals surface area (Å²) in [6, 6.07) is 26.5. The van der Waals surface area contributed by atoms with Crippen LogP contribution >= 0.6 is 0 Å². The van der Waals surface area contributed by atoms with Crippen LogP contribution in [0.25, 0.3) is 11.3 Å². The molecular formula is C25H20FN3O2. The number of oxime groups is 1. The van der Waals surface area contributed by atoms with Gasteiger partial charge in [-0.2, -0.15) is 5.10 Å². The molecule has 0 saturated carbocycles. The van der Waals surface area contributed by atoms with E-state index in [1.54, 1.807) is 30.3 Å². The van der Waals surface area contributed by atoms with E-state index in [0.29, 0.717) is 29.0 Å². The van der Waals surface area contributed by atoms with Gasteiger partial charge < -0.3 is 5.21 Å². The van der Waals surface area contributed by atoms with Crippen molar-refractivity contribution in [3.8, 4) is 11.3 Å². The number of hydrogen-bond acceptors (Lipinski definition) is 4. The first-order chi connectivity index (χ1) is 15.1. The summed E-state index contributed by atoms with van der Waals surface area (Å²) in [6.45, 7) is 0.0104. The molecule has 0 spiro atoms. The van der Waals surface area contributed by atoms with Crippen LogP contribution in [0.3, 0.4) is 0 Å². The zero-order chi connectivity index (χ0) is 21.6. The molecule has 1 heterocycles. The maximum Gasteiger partial charge on any atom is 0.270 e. The summed E-state index contributed by atoms with van der Waals surface area (Å²) in [4.78, 5) is 13.2. The molecule has 0 radical (unpaired) electrons. The molecule has 0 aliphatic heterocycles. The Morgan fingerprint density at radius 2 is 1.58 bits per heavy atom. The minimum atomic E-state index is -0.326. The highest BCUT2D eigenvalue weighted by atomic mass is 19.1. The number of hydrogen-bond donors (Lipinski definition) is 1. The maximum absolute atomic E-state index is 13.3. The molecule has 1 aromatic heterocycles. The van der Waals surface area contributed by atoms with E-state index in [1.807, 2.05) is 48.5 Å². The Labute approximate surface area is 178 Å². The molecule has 4 rings (SSSR count). The number of benzene rings is 3. The van der Waals surface area contributed by atoms with Gasteiger partial charge in [0, 0.05) is 23.1 Å². The highest BCUT2D eigenvalue weighted by Gasteiger charge is 2.14. The lowest BCUT2D eigenvalue weighted by molar-refractivity contribution is 0.317. The number of nitrogens with zero attached hydrogens (tertiary/aromatic N) is 3. The fourth-order valence-corrected chi connectivity index (χ4v) is 3.36. The summed E-state index contributed by atoms with van der Waals surface area (Å²) in [5.41, 5.74) is 3.56. The van der Waals surface area contributed by atoms with Gasteiger partial charge in [-0.25, -0.2) is 9.07 Å². The largest absolute Gasteiger partial charge is 0.411 e. The lowest BCUT2D eigenvalue weighted by Crippen LogP contribution is -2.30. The molecule has 31 heavy (non-hydrogen) atoms. The van der Waals surface area contributed by atoms with E-state index in [9.17, 15) is 14.4 Å². The molecule has 0 aliphatic carbocycles. The lowest BCUT2D eigenvalue weighted by atomic mass is 10.0. The Hall–Kier alpha value is -4.06. The van der Waals surface area contributed by atoms with Crippen LogP contribution in [0.1, 0.15) is 16.7 Å². The van der Waals surface area contributed by atoms with Gasteiger partial charge in [-0.05, 0) is 23.8 Å². The maximum atomic E-state index is 13.3. The third-order valence-electron chi connectivity index (χ3n) is 4.95. The smallest absolute Gasteiger partial charge is 0.270 e. The summed E-state index contributed by atoms with van der Waals surface area (Å²) in [5, 5.41) is 17.5. The first-order valence-corrected chi connectivity index (χ1v) is 9.81. The zero-order valence-electron chi connectivity index (χ0n) is 16.6. The Bertz CT molecular complexity index is 1250. The van der Waals surface area contributed by atoms with E-state index in [-0.39, 0.29) is 17.9 Å². The quantitative estimate of drug-likeness (QED) is 0.287. The van der Waals surface area contributed by atoms with Crippen LogP contribution in [0.5, 0.6) is 0 Å². The van der Waals surface area contributed by atoms with E-state index in [2.05, 4.69) is 10.3 Å². The van der Waals surface area contributed by atoms with Crippen molar-refractivity contribution in [1.82, 2.24) is 9.78 Å². The van der Waals surface area contributed by atoms with Crippen LogP contribution in [-0.2, 0) is 13.0 Å². The molecule has 4 aromatic rings. The molecule has 0 atom stereocenters. The lowest BCUT2D eigenvalue weighted by Gasteiger charge is -2.12. The van der Waals surface area contributed by atoms with E-state index >= 15 is 0 Å². The van der Waals surface area contributed by atoms with E-state index in [1.165, 1.54) is 16.8 Å². The van der Waals surface area contributed by atoms with Gasteiger partial charge in [-0.3, -0.25) is 4.79 Å². The van der Waals surface area contributed by atoms with Crippen LogP contribution in [0.2, 0.25) is 0 Å². The second-order valence-corrected chi connectivity index (χ2v) is 7.10. The van der Waals surface area contributed by atoms with E-state index in [0.717, 1.165) is 11.1 Å². The fourth-order valence-electron chi connectivity index (χ4n) is 3.36. The van der Waals surface area contributed by atoms with Crippen molar-refractivity contribution in [1.29, 1.82) is 0 Å². The van der Waals surface area contributed by atoms with Gasteiger partial charge in [0.05, 0.1) is 12.2 Å². The third kappa shape index (κ3) is 4.75. The van der Waals surface area contributed by atoms with E-state index < -0.39 is 0 Å². The van der Waals surface area contributed by atoms with Crippen LogP contribution in [0, 0.1) is 5.82 Å². The van der Waals surface area contributed by atoms with Gasteiger partial charge >= 0.3 is 0 Å². The van der Waals surface area contributed by atoms with Crippen molar-refractivity contribution < 1.29 is 9.60 Å². The van der Waals surface area contributed by atoms with Gasteiger partial charge in [0.15, 0.2) is 0 Å². The monoisotopic (exact) mass is 413 g/mol. The Morgan fingerprint density at radius 3 is 2.23 bits per heavy atom. The van der Waals surface area contributed by atoms with Crippen LogP contribution in [-0.4, -0.2) is 20.7 Å². The molecule has 0 bridgehead atoms. The second kappa shape index (κ2) is 9.17. The molecule has 0 amide bonds.